The summed E-state index contributed by atoms with van der Waals surface area (Å²) in [7, 11) is 0. The molecule has 0 fully saturated rings. The van der Waals surface area contributed by atoms with E-state index in [2.05, 4.69) is 5.32 Å². The van der Waals surface area contributed by atoms with Crippen molar-refractivity contribution < 1.29 is 9.59 Å². The van der Waals surface area contributed by atoms with Crippen molar-refractivity contribution in [3.8, 4) is 0 Å². The summed E-state index contributed by atoms with van der Waals surface area (Å²) in [5.74, 6) is -0.397. The molecule has 5 heteroatoms. The Balaban J connectivity index is 2.34. The highest BCUT2D eigenvalue weighted by atomic mass is 35.5. The van der Waals surface area contributed by atoms with E-state index in [1.165, 1.54) is 0 Å². The molecule has 0 bridgehead atoms. The molecule has 120 valence electrons. The Morgan fingerprint density at radius 2 is 1.78 bits per heavy atom. The number of rotatable bonds is 6. The van der Waals surface area contributed by atoms with Gasteiger partial charge in [0.25, 0.3) is 0 Å². The number of benzene rings is 2. The number of unbranched alkanes of at least 4 members (excludes halogenated alkanes) is 1. The number of hydrogen-bond acceptors (Lipinski definition) is 2. The summed E-state index contributed by atoms with van der Waals surface area (Å²) in [5, 5.41) is 3.57. The first-order valence-electron chi connectivity index (χ1n) is 7.41. The van der Waals surface area contributed by atoms with Crippen molar-refractivity contribution in [2.45, 2.75) is 26.2 Å². The molecule has 0 radical (unpaired) electrons. The maximum absolute atomic E-state index is 12.7. The van der Waals surface area contributed by atoms with Crippen LogP contribution in [-0.4, -0.2) is 11.7 Å². The van der Waals surface area contributed by atoms with E-state index in [-0.39, 0.29) is 11.7 Å². The van der Waals surface area contributed by atoms with Crippen LogP contribution in [0.5, 0.6) is 0 Å². The van der Waals surface area contributed by atoms with Crippen molar-refractivity contribution in [3.63, 3.8) is 0 Å². The van der Waals surface area contributed by atoms with Crippen molar-refractivity contribution in [1.82, 2.24) is 0 Å². The van der Waals surface area contributed by atoms with Crippen LogP contribution in [0.1, 0.15) is 42.1 Å². The lowest BCUT2D eigenvalue weighted by Gasteiger charge is -2.12. The standard InChI is InChI=1S/C18H17Cl2NO2/c1-2-3-8-17(22)21-16-10-9-12(19)11-14(16)18(23)13-6-4-5-7-15(13)20/h4-7,9-11H,2-3,8H2,1H3,(H,21,22). The minimum atomic E-state index is -0.274. The van der Waals surface area contributed by atoms with Crippen LogP contribution in [0.4, 0.5) is 5.69 Å². The van der Waals surface area contributed by atoms with Gasteiger partial charge in [0.05, 0.1) is 10.7 Å². The SMILES string of the molecule is CCCCC(=O)Nc1ccc(Cl)cc1C(=O)c1ccccc1Cl. The normalized spacial score (nSPS) is 10.4. The Kier molecular flexibility index (Phi) is 6.20. The first-order chi connectivity index (χ1) is 11.0. The zero-order valence-corrected chi connectivity index (χ0v) is 14.2. The highest BCUT2D eigenvalue weighted by Crippen LogP contribution is 2.26. The van der Waals surface area contributed by atoms with E-state index in [4.69, 9.17) is 23.2 Å². The molecule has 0 saturated heterocycles. The summed E-state index contributed by atoms with van der Waals surface area (Å²) in [4.78, 5) is 24.7. The van der Waals surface area contributed by atoms with Gasteiger partial charge in [-0.15, -0.1) is 0 Å². The molecular formula is C18H17Cl2NO2. The topological polar surface area (TPSA) is 46.2 Å². The zero-order chi connectivity index (χ0) is 16.8. The van der Waals surface area contributed by atoms with Gasteiger partial charge in [0.2, 0.25) is 5.91 Å². The average Bonchev–Trinajstić information content (AvgIpc) is 2.54. The summed E-state index contributed by atoms with van der Waals surface area (Å²) in [6.07, 6.45) is 2.14. The molecule has 0 saturated carbocycles. The predicted octanol–water partition coefficient (Wildman–Crippen LogP) is 5.35. The highest BCUT2D eigenvalue weighted by Gasteiger charge is 2.18. The van der Waals surface area contributed by atoms with Crippen LogP contribution < -0.4 is 5.32 Å². The van der Waals surface area contributed by atoms with Gasteiger partial charge in [-0.25, -0.2) is 0 Å². The summed E-state index contributed by atoms with van der Waals surface area (Å²) < 4.78 is 0. The van der Waals surface area contributed by atoms with Gasteiger partial charge in [0, 0.05) is 22.6 Å². The second kappa shape index (κ2) is 8.14. The third kappa shape index (κ3) is 4.57. The van der Waals surface area contributed by atoms with Gasteiger partial charge in [0.15, 0.2) is 5.78 Å². The first kappa shape index (κ1) is 17.5. The molecule has 0 aliphatic rings. The van der Waals surface area contributed by atoms with Crippen LogP contribution in [0.15, 0.2) is 42.5 Å². The first-order valence-corrected chi connectivity index (χ1v) is 8.17. The Hall–Kier alpha value is -1.84. The minimum Gasteiger partial charge on any atom is -0.325 e. The zero-order valence-electron chi connectivity index (χ0n) is 12.7. The Bertz CT molecular complexity index is 729. The molecule has 0 atom stereocenters. The summed E-state index contributed by atoms with van der Waals surface area (Å²) in [6, 6.07) is 11.6. The van der Waals surface area contributed by atoms with E-state index in [1.807, 2.05) is 6.92 Å². The molecule has 0 aliphatic carbocycles. The average molecular weight is 350 g/mol. The largest absolute Gasteiger partial charge is 0.325 e. The third-order valence-electron chi connectivity index (χ3n) is 3.38. The van der Waals surface area contributed by atoms with Gasteiger partial charge >= 0.3 is 0 Å². The Labute approximate surface area is 145 Å². The molecule has 3 nitrogen and oxygen atoms in total. The number of carbonyl (C=O) groups is 2. The van der Waals surface area contributed by atoms with E-state index < -0.39 is 0 Å². The van der Waals surface area contributed by atoms with E-state index in [0.29, 0.717) is 33.3 Å². The van der Waals surface area contributed by atoms with Crippen molar-refractivity contribution >= 4 is 40.6 Å². The van der Waals surface area contributed by atoms with Gasteiger partial charge in [-0.05, 0) is 36.8 Å². The van der Waals surface area contributed by atoms with Crippen molar-refractivity contribution in [2.75, 3.05) is 5.32 Å². The fourth-order valence-electron chi connectivity index (χ4n) is 2.15. The number of ketones is 1. The van der Waals surface area contributed by atoms with E-state index in [0.717, 1.165) is 12.8 Å². The molecule has 1 amide bonds. The number of anilines is 1. The molecule has 0 aromatic heterocycles. The molecule has 2 aromatic rings. The van der Waals surface area contributed by atoms with Crippen molar-refractivity contribution in [1.29, 1.82) is 0 Å². The second-order valence-electron chi connectivity index (χ2n) is 5.15. The Morgan fingerprint density at radius 3 is 2.48 bits per heavy atom. The van der Waals surface area contributed by atoms with Crippen LogP contribution in [0, 0.1) is 0 Å². The van der Waals surface area contributed by atoms with Gasteiger partial charge in [-0.3, -0.25) is 9.59 Å². The van der Waals surface area contributed by atoms with Crippen LogP contribution in [0.2, 0.25) is 10.0 Å². The Morgan fingerprint density at radius 1 is 1.04 bits per heavy atom. The molecular weight excluding hydrogens is 333 g/mol. The summed E-state index contributed by atoms with van der Waals surface area (Å²) >= 11 is 12.1. The lowest BCUT2D eigenvalue weighted by Crippen LogP contribution is -2.15. The minimum absolute atomic E-state index is 0.123. The molecule has 2 rings (SSSR count). The van der Waals surface area contributed by atoms with Crippen LogP contribution in [-0.2, 0) is 4.79 Å². The molecule has 23 heavy (non-hydrogen) atoms. The lowest BCUT2D eigenvalue weighted by molar-refractivity contribution is -0.116. The van der Waals surface area contributed by atoms with Gasteiger partial charge in [-0.1, -0.05) is 48.7 Å². The fourth-order valence-corrected chi connectivity index (χ4v) is 2.55. The quantitative estimate of drug-likeness (QED) is 0.714. The highest BCUT2D eigenvalue weighted by molar-refractivity contribution is 6.36. The van der Waals surface area contributed by atoms with E-state index >= 15 is 0 Å². The molecule has 0 spiro atoms. The molecule has 0 unspecified atom stereocenters. The lowest BCUT2D eigenvalue weighted by atomic mass is 10.0. The van der Waals surface area contributed by atoms with Crippen molar-refractivity contribution in [3.05, 3.63) is 63.6 Å². The maximum atomic E-state index is 12.7. The number of nitrogens with one attached hydrogen (secondary N) is 1. The third-order valence-corrected chi connectivity index (χ3v) is 3.94. The summed E-state index contributed by atoms with van der Waals surface area (Å²) in [5.41, 5.74) is 1.15. The molecule has 0 aliphatic heterocycles. The van der Waals surface area contributed by atoms with Gasteiger partial charge in [0.1, 0.15) is 0 Å². The number of hydrogen-bond donors (Lipinski definition) is 1. The summed E-state index contributed by atoms with van der Waals surface area (Å²) in [6.45, 7) is 2.02. The van der Waals surface area contributed by atoms with E-state index in [1.54, 1.807) is 42.5 Å². The van der Waals surface area contributed by atoms with Gasteiger partial charge < -0.3 is 5.32 Å². The van der Waals surface area contributed by atoms with Crippen LogP contribution in [0.3, 0.4) is 0 Å². The fraction of sp³-hybridized carbons (Fsp3) is 0.222. The number of carbonyl (C=O) groups excluding carboxylic acids is 2. The number of halogens is 2. The second-order valence-corrected chi connectivity index (χ2v) is 5.99. The maximum Gasteiger partial charge on any atom is 0.224 e. The molecule has 1 N–H and O–H groups in total. The predicted molar refractivity (Wildman–Crippen MR) is 94.5 cm³/mol. The van der Waals surface area contributed by atoms with Crippen LogP contribution in [0.25, 0.3) is 0 Å². The molecule has 0 heterocycles. The number of amides is 1. The van der Waals surface area contributed by atoms with Crippen LogP contribution >= 0.6 is 23.2 Å². The van der Waals surface area contributed by atoms with Crippen molar-refractivity contribution in [2.24, 2.45) is 0 Å². The monoisotopic (exact) mass is 349 g/mol. The van der Waals surface area contributed by atoms with E-state index in [9.17, 15) is 9.59 Å². The molecule has 2 aromatic carbocycles. The van der Waals surface area contributed by atoms with Gasteiger partial charge in [-0.2, -0.15) is 0 Å². The smallest absolute Gasteiger partial charge is 0.224 e.